The molecule has 1 unspecified atom stereocenters. The zero-order valence-electron chi connectivity index (χ0n) is 12.9. The number of hydrogen-bond acceptors (Lipinski definition) is 2. The molecule has 1 aromatic carbocycles. The third-order valence-electron chi connectivity index (χ3n) is 5.65. The van der Waals surface area contributed by atoms with Crippen molar-refractivity contribution in [2.45, 2.75) is 36.6 Å². The molecule has 24 heavy (non-hydrogen) atoms. The normalized spacial score (nSPS) is 34.0. The molecule has 4 aliphatic rings. The third kappa shape index (κ3) is 1.57. The van der Waals surface area contributed by atoms with Gasteiger partial charge in [0.1, 0.15) is 12.2 Å². The second kappa shape index (κ2) is 4.23. The lowest BCUT2D eigenvalue weighted by molar-refractivity contribution is -0.208. The summed E-state index contributed by atoms with van der Waals surface area (Å²) in [6.45, 7) is 7.84. The van der Waals surface area contributed by atoms with E-state index in [2.05, 4.69) is 9.83 Å². The van der Waals surface area contributed by atoms with Gasteiger partial charge in [0.15, 0.2) is 0 Å². The molecule has 1 aromatic heterocycles. The van der Waals surface area contributed by atoms with E-state index in [0.717, 1.165) is 10.8 Å². The molecule has 2 heterocycles. The van der Waals surface area contributed by atoms with Crippen molar-refractivity contribution >= 4 is 22.5 Å². The quantitative estimate of drug-likeness (QED) is 0.796. The van der Waals surface area contributed by atoms with E-state index in [1.165, 1.54) is 4.90 Å². The van der Waals surface area contributed by atoms with Crippen molar-refractivity contribution in [2.24, 2.45) is 0 Å². The number of benzene rings is 1. The van der Waals surface area contributed by atoms with Crippen LogP contribution < -0.4 is 4.90 Å². The smallest absolute Gasteiger partial charge is 0.308 e. The monoisotopic (exact) mass is 322 g/mol. The van der Waals surface area contributed by atoms with E-state index < -0.39 is 11.8 Å². The lowest BCUT2D eigenvalue weighted by Crippen LogP contribution is -2.77. The summed E-state index contributed by atoms with van der Waals surface area (Å²) in [7, 11) is 0. The fraction of sp³-hybridized carbons (Fsp3) is 0.389. The molecule has 4 fully saturated rings. The van der Waals surface area contributed by atoms with Crippen LogP contribution in [0.1, 0.15) is 19.3 Å². The number of aromatic nitrogens is 1. The van der Waals surface area contributed by atoms with Crippen molar-refractivity contribution in [3.8, 4) is 0 Å². The molecular formula is C18H15FN4O. The number of alkyl halides is 1. The number of pyridine rings is 1. The summed E-state index contributed by atoms with van der Waals surface area (Å²) in [4.78, 5) is 24.2. The topological polar surface area (TPSA) is 40.8 Å². The van der Waals surface area contributed by atoms with Gasteiger partial charge >= 0.3 is 12.2 Å². The average Bonchev–Trinajstić information content (AvgIpc) is 2.87. The number of rotatable bonds is 2. The molecule has 6 rings (SSSR count). The molecule has 2 amide bonds. The second-order valence-electron chi connectivity index (χ2n) is 7.16. The Bertz CT molecular complexity index is 896. The van der Waals surface area contributed by atoms with Gasteiger partial charge in [0.05, 0.1) is 17.4 Å². The van der Waals surface area contributed by atoms with Gasteiger partial charge in [-0.3, -0.25) is 9.83 Å². The Kier molecular flexibility index (Phi) is 2.42. The van der Waals surface area contributed by atoms with Crippen molar-refractivity contribution in [3.63, 3.8) is 0 Å². The molecule has 2 bridgehead atoms. The van der Waals surface area contributed by atoms with E-state index in [-0.39, 0.29) is 11.6 Å². The molecule has 5 nitrogen and oxygen atoms in total. The summed E-state index contributed by atoms with van der Waals surface area (Å²) in [5.41, 5.74) is -0.771. The summed E-state index contributed by atoms with van der Waals surface area (Å²) in [6.07, 6.45) is 4.04. The van der Waals surface area contributed by atoms with Crippen LogP contribution in [0.15, 0.2) is 36.7 Å². The van der Waals surface area contributed by atoms with Crippen molar-refractivity contribution in [3.05, 3.63) is 48.1 Å². The van der Waals surface area contributed by atoms with Crippen LogP contribution in [0, 0.1) is 6.57 Å². The summed E-state index contributed by atoms with van der Waals surface area (Å²) in [6, 6.07) is 7.49. The fourth-order valence-electron chi connectivity index (χ4n) is 4.53. The van der Waals surface area contributed by atoms with Crippen LogP contribution in [0.25, 0.3) is 15.6 Å². The predicted molar refractivity (Wildman–Crippen MR) is 87.1 cm³/mol. The highest BCUT2D eigenvalue weighted by atomic mass is 19.1. The lowest BCUT2D eigenvalue weighted by atomic mass is 9.47. The van der Waals surface area contributed by atoms with Gasteiger partial charge in [0, 0.05) is 36.2 Å². The van der Waals surface area contributed by atoms with Crippen LogP contribution >= 0.6 is 0 Å². The van der Waals surface area contributed by atoms with Crippen molar-refractivity contribution in [1.29, 1.82) is 0 Å². The Labute approximate surface area is 138 Å². The molecule has 1 atom stereocenters. The first-order valence-corrected chi connectivity index (χ1v) is 8.04. The van der Waals surface area contributed by atoms with Gasteiger partial charge in [-0.05, 0) is 0 Å². The number of fused-ring (bicyclic) bond motifs is 1. The Morgan fingerprint density at radius 3 is 2.71 bits per heavy atom. The standard InChI is InChI=1S/C18H15FN4O/c1-20-15-8-22(18-9-17(19,10-18)11-18)16(24)23(15)14-7-21-6-12-4-2-3-5-13(12)14/h2-7,15H,8-11H2. The minimum atomic E-state index is -1.07. The zero-order valence-corrected chi connectivity index (χ0v) is 12.9. The van der Waals surface area contributed by atoms with Crippen LogP contribution in [-0.4, -0.2) is 39.8 Å². The second-order valence-corrected chi connectivity index (χ2v) is 7.16. The maximum absolute atomic E-state index is 13.9. The van der Waals surface area contributed by atoms with Gasteiger partial charge in [0.25, 0.3) is 0 Å². The number of carbonyl (C=O) groups is 1. The Hall–Kier alpha value is -2.68. The summed E-state index contributed by atoms with van der Waals surface area (Å²) >= 11 is 0. The molecule has 120 valence electrons. The number of halogens is 1. The molecular weight excluding hydrogens is 307 g/mol. The van der Waals surface area contributed by atoms with E-state index in [1.54, 1.807) is 17.3 Å². The van der Waals surface area contributed by atoms with Crippen molar-refractivity contribution < 1.29 is 9.18 Å². The predicted octanol–water partition coefficient (Wildman–Crippen LogP) is 3.37. The molecule has 3 saturated carbocycles. The van der Waals surface area contributed by atoms with Gasteiger partial charge in [-0.15, -0.1) is 0 Å². The summed E-state index contributed by atoms with van der Waals surface area (Å²) < 4.78 is 13.9. The maximum Gasteiger partial charge on any atom is 0.331 e. The van der Waals surface area contributed by atoms with Crippen molar-refractivity contribution in [1.82, 2.24) is 9.88 Å². The summed E-state index contributed by atoms with van der Waals surface area (Å²) in [5.74, 6) is 0. The first-order chi connectivity index (χ1) is 11.6. The molecule has 3 aliphatic carbocycles. The van der Waals surface area contributed by atoms with E-state index >= 15 is 0 Å². The SMILES string of the molecule is [C-]#[N+]C1CN(C23CC(F)(C2)C3)C(=O)N1c1cncc2ccccc12. The molecule has 0 spiro atoms. The van der Waals surface area contributed by atoms with Crippen molar-refractivity contribution in [2.75, 3.05) is 11.4 Å². The minimum absolute atomic E-state index is 0.198. The summed E-state index contributed by atoms with van der Waals surface area (Å²) in [5, 5.41) is 1.83. The number of carbonyl (C=O) groups excluding carboxylic acids is 1. The molecule has 0 N–H and O–H groups in total. The van der Waals surface area contributed by atoms with Crippen LogP contribution in [0.2, 0.25) is 0 Å². The third-order valence-corrected chi connectivity index (χ3v) is 5.65. The maximum atomic E-state index is 13.9. The Morgan fingerprint density at radius 2 is 2.00 bits per heavy atom. The molecule has 1 aliphatic heterocycles. The number of hydrogen-bond donors (Lipinski definition) is 0. The van der Waals surface area contributed by atoms with Gasteiger partial charge < -0.3 is 4.90 Å². The lowest BCUT2D eigenvalue weighted by Gasteiger charge is -2.68. The highest BCUT2D eigenvalue weighted by Gasteiger charge is 2.74. The molecule has 0 radical (unpaired) electrons. The van der Waals surface area contributed by atoms with Crippen LogP contribution in [-0.2, 0) is 0 Å². The van der Waals surface area contributed by atoms with Crippen LogP contribution in [0.4, 0.5) is 14.9 Å². The highest BCUT2D eigenvalue weighted by Crippen LogP contribution is 2.66. The first-order valence-electron chi connectivity index (χ1n) is 8.04. The number of urea groups is 1. The van der Waals surface area contributed by atoms with Gasteiger partial charge in [-0.2, -0.15) is 0 Å². The van der Waals surface area contributed by atoms with Gasteiger partial charge in [0.2, 0.25) is 0 Å². The number of amides is 2. The van der Waals surface area contributed by atoms with E-state index in [9.17, 15) is 9.18 Å². The fourth-order valence-corrected chi connectivity index (χ4v) is 4.53. The number of anilines is 1. The van der Waals surface area contributed by atoms with E-state index in [4.69, 9.17) is 6.57 Å². The largest absolute Gasteiger partial charge is 0.331 e. The minimum Gasteiger partial charge on any atom is -0.308 e. The van der Waals surface area contributed by atoms with Crippen LogP contribution in [0.3, 0.4) is 0 Å². The number of nitrogens with zero attached hydrogens (tertiary/aromatic N) is 4. The molecule has 1 saturated heterocycles. The molecule has 2 aromatic rings. The van der Waals surface area contributed by atoms with E-state index in [0.29, 0.717) is 31.5 Å². The molecule has 6 heteroatoms. The van der Waals surface area contributed by atoms with E-state index in [1.807, 2.05) is 24.3 Å². The van der Waals surface area contributed by atoms with Crippen LogP contribution in [0.5, 0.6) is 0 Å². The van der Waals surface area contributed by atoms with Gasteiger partial charge in [-0.1, -0.05) is 24.3 Å². The Balaban J connectivity index is 1.57. The first kappa shape index (κ1) is 13.7. The van der Waals surface area contributed by atoms with Gasteiger partial charge in [-0.25, -0.2) is 20.7 Å². The zero-order chi connectivity index (χ0) is 16.5. The Morgan fingerprint density at radius 1 is 1.25 bits per heavy atom. The highest BCUT2D eigenvalue weighted by molar-refractivity contribution is 6.04. The average molecular weight is 322 g/mol.